The molecule has 1 unspecified atom stereocenters. The lowest BCUT2D eigenvalue weighted by Crippen LogP contribution is -2.20. The van der Waals surface area contributed by atoms with Crippen LogP contribution >= 0.6 is 0 Å². The predicted molar refractivity (Wildman–Crippen MR) is 59.1 cm³/mol. The summed E-state index contributed by atoms with van der Waals surface area (Å²) in [6, 6.07) is 0. The number of ether oxygens (including phenoxy) is 1. The summed E-state index contributed by atoms with van der Waals surface area (Å²) < 4.78 is 7.25. The maximum Gasteiger partial charge on any atom is 0.271 e. The SMILES string of the molecule is CNc1cn(C2CCCCO2)nc1C(N)=O. The molecule has 1 atom stereocenters. The molecule has 2 heterocycles. The molecule has 1 fully saturated rings. The van der Waals surface area contributed by atoms with Gasteiger partial charge in [-0.15, -0.1) is 0 Å². The Hall–Kier alpha value is -1.56. The molecule has 1 saturated heterocycles. The second-order valence-corrected chi connectivity index (χ2v) is 3.81. The topological polar surface area (TPSA) is 82.2 Å². The molecule has 88 valence electrons. The molecule has 1 aromatic heterocycles. The fraction of sp³-hybridized carbons (Fsp3) is 0.600. The zero-order chi connectivity index (χ0) is 11.5. The fourth-order valence-corrected chi connectivity index (χ4v) is 1.84. The number of rotatable bonds is 3. The van der Waals surface area contributed by atoms with Gasteiger partial charge in [-0.25, -0.2) is 4.68 Å². The van der Waals surface area contributed by atoms with E-state index in [1.165, 1.54) is 0 Å². The van der Waals surface area contributed by atoms with Gasteiger partial charge in [-0.1, -0.05) is 0 Å². The Labute approximate surface area is 93.8 Å². The lowest BCUT2D eigenvalue weighted by Gasteiger charge is -2.22. The van der Waals surface area contributed by atoms with Crippen LogP contribution in [0.5, 0.6) is 0 Å². The van der Waals surface area contributed by atoms with Crippen LogP contribution < -0.4 is 11.1 Å². The van der Waals surface area contributed by atoms with Gasteiger partial charge >= 0.3 is 0 Å². The summed E-state index contributed by atoms with van der Waals surface area (Å²) in [6.07, 6.45) is 4.80. The minimum atomic E-state index is -0.529. The Bertz CT molecular complexity index is 382. The Balaban J connectivity index is 2.24. The highest BCUT2D eigenvalue weighted by molar-refractivity contribution is 5.96. The molecule has 0 bridgehead atoms. The van der Waals surface area contributed by atoms with E-state index in [1.54, 1.807) is 17.9 Å². The molecule has 0 aliphatic carbocycles. The first kappa shape index (κ1) is 10.9. The van der Waals surface area contributed by atoms with Crippen LogP contribution in [0.3, 0.4) is 0 Å². The van der Waals surface area contributed by atoms with E-state index in [2.05, 4.69) is 10.4 Å². The Morgan fingerprint density at radius 3 is 3.00 bits per heavy atom. The van der Waals surface area contributed by atoms with Crippen LogP contribution in [-0.2, 0) is 4.74 Å². The second kappa shape index (κ2) is 4.52. The van der Waals surface area contributed by atoms with Crippen LogP contribution in [0.2, 0.25) is 0 Å². The number of aromatic nitrogens is 2. The van der Waals surface area contributed by atoms with E-state index in [1.807, 2.05) is 0 Å². The molecule has 0 spiro atoms. The maximum absolute atomic E-state index is 11.1. The highest BCUT2D eigenvalue weighted by atomic mass is 16.5. The van der Waals surface area contributed by atoms with Gasteiger partial charge in [0.05, 0.1) is 11.9 Å². The number of nitrogens with two attached hydrogens (primary N) is 1. The van der Waals surface area contributed by atoms with E-state index in [4.69, 9.17) is 10.5 Å². The van der Waals surface area contributed by atoms with Gasteiger partial charge in [-0.3, -0.25) is 4.79 Å². The van der Waals surface area contributed by atoms with E-state index in [0.717, 1.165) is 25.9 Å². The van der Waals surface area contributed by atoms with Gasteiger partial charge in [0, 0.05) is 13.7 Å². The monoisotopic (exact) mass is 224 g/mol. The highest BCUT2D eigenvalue weighted by Gasteiger charge is 2.20. The average Bonchev–Trinajstić information content (AvgIpc) is 2.74. The standard InChI is InChI=1S/C10H16N4O2/c1-12-7-6-14(13-9(7)10(11)15)8-4-2-3-5-16-8/h6,8,12H,2-5H2,1H3,(H2,11,15). The van der Waals surface area contributed by atoms with Gasteiger partial charge in [-0.05, 0) is 19.3 Å². The predicted octanol–water partition coefficient (Wildman–Crippen LogP) is 0.723. The van der Waals surface area contributed by atoms with Gasteiger partial charge < -0.3 is 15.8 Å². The van der Waals surface area contributed by atoms with Crippen molar-refractivity contribution in [3.05, 3.63) is 11.9 Å². The maximum atomic E-state index is 11.1. The molecule has 6 heteroatoms. The van der Waals surface area contributed by atoms with Crippen molar-refractivity contribution in [3.63, 3.8) is 0 Å². The van der Waals surface area contributed by atoms with Crippen LogP contribution in [-0.4, -0.2) is 29.3 Å². The van der Waals surface area contributed by atoms with Crippen molar-refractivity contribution in [1.82, 2.24) is 9.78 Å². The number of hydrogen-bond acceptors (Lipinski definition) is 4. The normalized spacial score (nSPS) is 20.7. The van der Waals surface area contributed by atoms with Crippen molar-refractivity contribution in [3.8, 4) is 0 Å². The molecule has 16 heavy (non-hydrogen) atoms. The summed E-state index contributed by atoms with van der Waals surface area (Å²) in [5.74, 6) is -0.529. The number of primary amides is 1. The van der Waals surface area contributed by atoms with Gasteiger partial charge in [0.15, 0.2) is 5.69 Å². The number of anilines is 1. The van der Waals surface area contributed by atoms with Crippen molar-refractivity contribution >= 4 is 11.6 Å². The lowest BCUT2D eigenvalue weighted by molar-refractivity contribution is -0.0395. The smallest absolute Gasteiger partial charge is 0.271 e. The van der Waals surface area contributed by atoms with E-state index < -0.39 is 5.91 Å². The van der Waals surface area contributed by atoms with Crippen LogP contribution in [0.1, 0.15) is 36.0 Å². The number of hydrogen-bond donors (Lipinski definition) is 2. The van der Waals surface area contributed by atoms with Crippen molar-refractivity contribution in [2.75, 3.05) is 19.0 Å². The summed E-state index contributed by atoms with van der Waals surface area (Å²) in [6.45, 7) is 0.741. The van der Waals surface area contributed by atoms with Crippen LogP contribution in [0.15, 0.2) is 6.20 Å². The largest absolute Gasteiger partial charge is 0.385 e. The van der Waals surface area contributed by atoms with Crippen LogP contribution in [0.4, 0.5) is 5.69 Å². The van der Waals surface area contributed by atoms with E-state index >= 15 is 0 Å². The molecule has 1 aliphatic rings. The van der Waals surface area contributed by atoms with Crippen molar-refractivity contribution in [2.24, 2.45) is 5.73 Å². The Morgan fingerprint density at radius 1 is 1.69 bits per heavy atom. The number of nitrogens with one attached hydrogen (secondary N) is 1. The van der Waals surface area contributed by atoms with E-state index in [-0.39, 0.29) is 11.9 Å². The molecule has 1 amide bonds. The number of nitrogens with zero attached hydrogens (tertiary/aromatic N) is 2. The number of amides is 1. The zero-order valence-corrected chi connectivity index (χ0v) is 9.27. The molecule has 6 nitrogen and oxygen atoms in total. The third kappa shape index (κ3) is 2.01. The van der Waals surface area contributed by atoms with Gasteiger partial charge in [-0.2, -0.15) is 5.10 Å². The van der Waals surface area contributed by atoms with Crippen molar-refractivity contribution in [2.45, 2.75) is 25.5 Å². The molecule has 0 radical (unpaired) electrons. The van der Waals surface area contributed by atoms with Gasteiger partial charge in [0.1, 0.15) is 6.23 Å². The van der Waals surface area contributed by atoms with Crippen molar-refractivity contribution < 1.29 is 9.53 Å². The summed E-state index contributed by atoms with van der Waals surface area (Å²) in [7, 11) is 1.73. The first-order chi connectivity index (χ1) is 7.72. The highest BCUT2D eigenvalue weighted by Crippen LogP contribution is 2.24. The average molecular weight is 224 g/mol. The Kier molecular flexibility index (Phi) is 3.09. The Morgan fingerprint density at radius 2 is 2.50 bits per heavy atom. The van der Waals surface area contributed by atoms with Crippen molar-refractivity contribution in [1.29, 1.82) is 0 Å². The molecule has 1 aliphatic heterocycles. The third-order valence-corrected chi connectivity index (χ3v) is 2.69. The number of carbonyl (C=O) groups is 1. The molecule has 0 saturated carbocycles. The van der Waals surface area contributed by atoms with Gasteiger partial charge in [0.2, 0.25) is 0 Å². The molecular weight excluding hydrogens is 208 g/mol. The van der Waals surface area contributed by atoms with Crippen LogP contribution in [0.25, 0.3) is 0 Å². The fourth-order valence-electron chi connectivity index (χ4n) is 1.84. The quantitative estimate of drug-likeness (QED) is 0.792. The van der Waals surface area contributed by atoms with Crippen LogP contribution in [0, 0.1) is 0 Å². The van der Waals surface area contributed by atoms with E-state index in [9.17, 15) is 4.79 Å². The second-order valence-electron chi connectivity index (χ2n) is 3.81. The summed E-state index contributed by atoms with van der Waals surface area (Å²) in [5, 5.41) is 7.06. The molecule has 0 aromatic carbocycles. The summed E-state index contributed by atoms with van der Waals surface area (Å²) in [4.78, 5) is 11.1. The first-order valence-corrected chi connectivity index (χ1v) is 5.40. The molecule has 2 rings (SSSR count). The molecule has 1 aromatic rings. The minimum Gasteiger partial charge on any atom is -0.385 e. The lowest BCUT2D eigenvalue weighted by atomic mass is 10.2. The van der Waals surface area contributed by atoms with E-state index in [0.29, 0.717) is 5.69 Å². The van der Waals surface area contributed by atoms with Gasteiger partial charge in [0.25, 0.3) is 5.91 Å². The first-order valence-electron chi connectivity index (χ1n) is 5.40. The summed E-state index contributed by atoms with van der Waals surface area (Å²) in [5.41, 5.74) is 6.14. The molecular formula is C10H16N4O2. The molecule has 3 N–H and O–H groups in total. The number of carbonyl (C=O) groups excluding carboxylic acids is 1. The third-order valence-electron chi connectivity index (χ3n) is 2.69. The minimum absolute atomic E-state index is 0.0750. The zero-order valence-electron chi connectivity index (χ0n) is 9.27. The summed E-state index contributed by atoms with van der Waals surface area (Å²) >= 11 is 0.